The molecular formula is C21H30OSi2. The van der Waals surface area contributed by atoms with E-state index in [4.69, 9.17) is 4.43 Å². The zero-order valence-electron chi connectivity index (χ0n) is 15.3. The van der Waals surface area contributed by atoms with Crippen LogP contribution in [-0.4, -0.2) is 22.5 Å². The molecule has 0 N–H and O–H groups in total. The zero-order valence-corrected chi connectivity index (χ0v) is 17.3. The second-order valence-electron chi connectivity index (χ2n) is 7.50. The fraction of sp³-hybridized carbons (Fsp3) is 0.429. The number of rotatable bonds is 5. The highest BCUT2D eigenvalue weighted by Crippen LogP contribution is 2.41. The third kappa shape index (κ3) is 2.94. The molecule has 1 atom stereocenters. The molecule has 0 heterocycles. The Morgan fingerprint density at radius 1 is 0.750 bits per heavy atom. The van der Waals surface area contributed by atoms with Crippen LogP contribution in [0.2, 0.25) is 18.6 Å². The average Bonchev–Trinajstić information content (AvgIpc) is 2.68. The van der Waals surface area contributed by atoms with Crippen molar-refractivity contribution in [2.24, 2.45) is 0 Å². The summed E-state index contributed by atoms with van der Waals surface area (Å²) < 4.78 is 6.55. The maximum atomic E-state index is 6.55. The largest absolute Gasteiger partial charge is 0.422 e. The Balaban J connectivity index is 2.16. The maximum absolute atomic E-state index is 6.55. The van der Waals surface area contributed by atoms with Gasteiger partial charge in [0.2, 0.25) is 0 Å². The predicted octanol–water partition coefficient (Wildman–Crippen LogP) is 4.51. The van der Waals surface area contributed by atoms with Gasteiger partial charge >= 0.3 is 0 Å². The Morgan fingerprint density at radius 3 is 1.62 bits per heavy atom. The lowest BCUT2D eigenvalue weighted by molar-refractivity contribution is 0.373. The van der Waals surface area contributed by atoms with E-state index in [0.717, 1.165) is 5.54 Å². The van der Waals surface area contributed by atoms with Crippen molar-refractivity contribution in [3.05, 3.63) is 60.7 Å². The van der Waals surface area contributed by atoms with Gasteiger partial charge in [0.05, 0.1) is 0 Å². The van der Waals surface area contributed by atoms with Crippen LogP contribution in [0.3, 0.4) is 0 Å². The minimum atomic E-state index is -1.93. The Bertz CT molecular complexity index is 598. The standard InChI is InChI=1S/C21H30OSi2/c1-22-24(3,21-17-11-6-12-18-21)23(2,19-13-7-4-8-14-19)20-15-9-5-10-16-20/h4-5,7-10,13-16,21H,6,11-12,17-18H2,1-3H3. The molecule has 0 bridgehead atoms. The first kappa shape index (κ1) is 17.7. The first-order valence-corrected chi connectivity index (χ1v) is 15.3. The summed E-state index contributed by atoms with van der Waals surface area (Å²) in [4.78, 5) is 0. The lowest BCUT2D eigenvalue weighted by atomic mass is 10.0. The third-order valence-electron chi connectivity index (χ3n) is 6.50. The molecule has 0 radical (unpaired) electrons. The van der Waals surface area contributed by atoms with E-state index in [-0.39, 0.29) is 0 Å². The van der Waals surface area contributed by atoms with Gasteiger partial charge in [-0.2, -0.15) is 0 Å². The van der Waals surface area contributed by atoms with Crippen molar-refractivity contribution in [2.45, 2.75) is 50.7 Å². The predicted molar refractivity (Wildman–Crippen MR) is 109 cm³/mol. The molecule has 1 saturated carbocycles. The SMILES string of the molecule is CO[Si](C)(C1CCCCC1)[Si](C)(c1ccccc1)c1ccccc1. The molecule has 1 aliphatic carbocycles. The quantitative estimate of drug-likeness (QED) is 0.718. The molecule has 1 fully saturated rings. The molecular weight excluding hydrogens is 324 g/mol. The van der Waals surface area contributed by atoms with Crippen LogP contribution in [0.4, 0.5) is 0 Å². The molecule has 0 spiro atoms. The van der Waals surface area contributed by atoms with Crippen LogP contribution >= 0.6 is 0 Å². The highest BCUT2D eigenvalue weighted by molar-refractivity contribution is 7.49. The molecule has 1 nitrogen and oxygen atoms in total. The van der Waals surface area contributed by atoms with E-state index in [1.807, 2.05) is 7.11 Å². The van der Waals surface area contributed by atoms with Gasteiger partial charge in [0.25, 0.3) is 0 Å². The fourth-order valence-corrected chi connectivity index (χ4v) is 20.0. The Labute approximate surface area is 149 Å². The van der Waals surface area contributed by atoms with Gasteiger partial charge in [-0.3, -0.25) is 0 Å². The second-order valence-corrected chi connectivity index (χ2v) is 20.3. The highest BCUT2D eigenvalue weighted by Gasteiger charge is 2.56. The summed E-state index contributed by atoms with van der Waals surface area (Å²) in [5.74, 6) is 0. The topological polar surface area (TPSA) is 9.23 Å². The van der Waals surface area contributed by atoms with Gasteiger partial charge < -0.3 is 4.43 Å². The van der Waals surface area contributed by atoms with Crippen LogP contribution in [0, 0.1) is 0 Å². The van der Waals surface area contributed by atoms with Crippen molar-refractivity contribution in [3.8, 4) is 0 Å². The number of benzene rings is 2. The van der Waals surface area contributed by atoms with Crippen molar-refractivity contribution in [1.82, 2.24) is 0 Å². The van der Waals surface area contributed by atoms with Crippen LogP contribution in [-0.2, 0) is 4.43 Å². The summed E-state index contributed by atoms with van der Waals surface area (Å²) in [6.45, 7) is 5.11. The van der Waals surface area contributed by atoms with E-state index in [0.29, 0.717) is 0 Å². The Kier molecular flexibility index (Phi) is 5.43. The third-order valence-corrected chi connectivity index (χ3v) is 24.0. The first-order valence-electron chi connectivity index (χ1n) is 9.29. The summed E-state index contributed by atoms with van der Waals surface area (Å²) in [6, 6.07) is 22.5. The number of hydrogen-bond acceptors (Lipinski definition) is 1. The molecule has 2 aromatic rings. The molecule has 2 aromatic carbocycles. The minimum Gasteiger partial charge on any atom is -0.422 e. The molecule has 0 aliphatic heterocycles. The monoisotopic (exact) mass is 354 g/mol. The normalized spacial score (nSPS) is 19.0. The summed E-state index contributed by atoms with van der Waals surface area (Å²) in [5.41, 5.74) is 0.785. The van der Waals surface area contributed by atoms with Crippen LogP contribution in [0.15, 0.2) is 60.7 Å². The van der Waals surface area contributed by atoms with Gasteiger partial charge in [-0.15, -0.1) is 0 Å². The van der Waals surface area contributed by atoms with Gasteiger partial charge in [0.1, 0.15) is 7.59 Å². The maximum Gasteiger partial charge on any atom is 0.189 e. The fourth-order valence-electron chi connectivity index (χ4n) is 4.72. The second kappa shape index (κ2) is 7.38. The van der Waals surface area contributed by atoms with Crippen LogP contribution in [0.25, 0.3) is 0 Å². The lowest BCUT2D eigenvalue weighted by Crippen LogP contribution is -2.76. The van der Waals surface area contributed by atoms with Crippen molar-refractivity contribution < 1.29 is 4.43 Å². The molecule has 1 aliphatic rings. The molecule has 1 unspecified atom stereocenters. The van der Waals surface area contributed by atoms with E-state index >= 15 is 0 Å². The van der Waals surface area contributed by atoms with Crippen molar-refractivity contribution in [3.63, 3.8) is 0 Å². The van der Waals surface area contributed by atoms with Crippen molar-refractivity contribution in [2.75, 3.05) is 7.11 Å². The Hall–Kier alpha value is -1.17. The molecule has 128 valence electrons. The molecule has 0 aromatic heterocycles. The van der Waals surface area contributed by atoms with Gasteiger partial charge in [-0.25, -0.2) is 0 Å². The van der Waals surface area contributed by atoms with E-state index in [1.54, 1.807) is 0 Å². The van der Waals surface area contributed by atoms with Crippen LogP contribution in [0.1, 0.15) is 32.1 Å². The van der Waals surface area contributed by atoms with Crippen molar-refractivity contribution >= 4 is 25.8 Å². The van der Waals surface area contributed by atoms with Gasteiger partial charge in [-0.1, -0.05) is 110 Å². The molecule has 3 rings (SSSR count). The lowest BCUT2D eigenvalue weighted by Gasteiger charge is -2.48. The molecule has 3 heteroatoms. The zero-order chi connectivity index (χ0) is 17.0. The van der Waals surface area contributed by atoms with Gasteiger partial charge in [-0.05, 0) is 12.1 Å². The summed E-state index contributed by atoms with van der Waals surface area (Å²) in [7, 11) is -1.85. The van der Waals surface area contributed by atoms with E-state index in [1.165, 1.54) is 42.5 Å². The van der Waals surface area contributed by atoms with E-state index in [2.05, 4.69) is 73.8 Å². The Morgan fingerprint density at radius 2 is 1.21 bits per heavy atom. The van der Waals surface area contributed by atoms with Crippen LogP contribution in [0.5, 0.6) is 0 Å². The first-order chi connectivity index (χ1) is 11.6. The molecule has 0 amide bonds. The van der Waals surface area contributed by atoms with Crippen molar-refractivity contribution in [1.29, 1.82) is 0 Å². The minimum absolute atomic E-state index is 0.785. The van der Waals surface area contributed by atoms with E-state index in [9.17, 15) is 0 Å². The van der Waals surface area contributed by atoms with Gasteiger partial charge in [0.15, 0.2) is 7.83 Å². The highest BCUT2D eigenvalue weighted by atomic mass is 29.3. The summed E-state index contributed by atoms with van der Waals surface area (Å²) in [5, 5.41) is 3.08. The average molecular weight is 355 g/mol. The molecule has 0 saturated heterocycles. The van der Waals surface area contributed by atoms with E-state index < -0.39 is 15.4 Å². The smallest absolute Gasteiger partial charge is 0.189 e. The summed E-state index contributed by atoms with van der Waals surface area (Å²) in [6.07, 6.45) is 6.88. The molecule has 24 heavy (non-hydrogen) atoms. The van der Waals surface area contributed by atoms with Crippen LogP contribution < -0.4 is 10.4 Å². The van der Waals surface area contributed by atoms with Gasteiger partial charge in [0, 0.05) is 7.11 Å². The number of hydrogen-bond donors (Lipinski definition) is 0. The summed E-state index contributed by atoms with van der Waals surface area (Å²) >= 11 is 0.